The number of hydrogen-bond donors (Lipinski definition) is 2. The Bertz CT molecular complexity index is 268. The summed E-state index contributed by atoms with van der Waals surface area (Å²) in [5.74, 6) is 0.0340. The molecule has 1 saturated carbocycles. The molecule has 1 atom stereocenters. The number of rotatable bonds is 7. The lowest BCUT2D eigenvalue weighted by Gasteiger charge is -2.22. The third kappa shape index (κ3) is 8.22. The van der Waals surface area contributed by atoms with Crippen molar-refractivity contribution in [1.29, 1.82) is 0 Å². The van der Waals surface area contributed by atoms with E-state index in [-0.39, 0.29) is 17.4 Å². The van der Waals surface area contributed by atoms with Gasteiger partial charge in [0.1, 0.15) is 0 Å². The van der Waals surface area contributed by atoms with Gasteiger partial charge in [-0.3, -0.25) is 4.79 Å². The molecule has 0 aliphatic heterocycles. The summed E-state index contributed by atoms with van der Waals surface area (Å²) in [5.41, 5.74) is 6.14. The largest absolute Gasteiger partial charge is 0.376 e. The highest BCUT2D eigenvalue weighted by molar-refractivity contribution is 5.76. The lowest BCUT2D eigenvalue weighted by molar-refractivity contribution is -0.121. The first-order valence-electron chi connectivity index (χ1n) is 7.51. The fourth-order valence-corrected chi connectivity index (χ4v) is 2.64. The van der Waals surface area contributed by atoms with Crippen molar-refractivity contribution >= 4 is 5.91 Å². The quantitative estimate of drug-likeness (QED) is 0.697. The summed E-state index contributed by atoms with van der Waals surface area (Å²) in [6.07, 6.45) is 6.58. The van der Waals surface area contributed by atoms with Crippen LogP contribution in [0.2, 0.25) is 0 Å². The highest BCUT2D eigenvalue weighted by Gasteiger charge is 2.18. The van der Waals surface area contributed by atoms with Gasteiger partial charge in [0.25, 0.3) is 0 Å². The molecule has 4 heteroatoms. The van der Waals surface area contributed by atoms with Gasteiger partial charge >= 0.3 is 0 Å². The molecule has 0 aromatic carbocycles. The monoisotopic (exact) mass is 270 g/mol. The van der Waals surface area contributed by atoms with Crippen LogP contribution in [0.1, 0.15) is 59.3 Å². The molecular weight excluding hydrogens is 240 g/mol. The van der Waals surface area contributed by atoms with Gasteiger partial charge in [-0.25, -0.2) is 0 Å². The van der Waals surface area contributed by atoms with E-state index in [1.165, 1.54) is 25.7 Å². The van der Waals surface area contributed by atoms with Crippen LogP contribution in [0.5, 0.6) is 0 Å². The second kappa shape index (κ2) is 7.85. The molecule has 1 fully saturated rings. The van der Waals surface area contributed by atoms with Crippen molar-refractivity contribution in [2.75, 3.05) is 13.2 Å². The predicted molar refractivity (Wildman–Crippen MR) is 77.9 cm³/mol. The normalized spacial score (nSPS) is 18.5. The van der Waals surface area contributed by atoms with E-state index in [2.05, 4.69) is 26.1 Å². The molecule has 112 valence electrons. The third-order valence-electron chi connectivity index (χ3n) is 3.40. The maximum Gasteiger partial charge on any atom is 0.221 e. The molecule has 0 saturated heterocycles. The van der Waals surface area contributed by atoms with E-state index in [0.29, 0.717) is 25.7 Å². The maximum atomic E-state index is 11.7. The zero-order valence-corrected chi connectivity index (χ0v) is 12.7. The zero-order valence-electron chi connectivity index (χ0n) is 12.7. The van der Waals surface area contributed by atoms with Crippen LogP contribution < -0.4 is 11.1 Å². The molecule has 3 N–H and O–H groups in total. The SMILES string of the molecule is CC(C)(C)CC(N)CC(=O)NCCOC1CCCC1. The maximum absolute atomic E-state index is 11.7. The minimum absolute atomic E-state index is 0.0340. The Morgan fingerprint density at radius 1 is 1.37 bits per heavy atom. The van der Waals surface area contributed by atoms with Crippen LogP contribution in [0.25, 0.3) is 0 Å². The van der Waals surface area contributed by atoms with Crippen molar-refractivity contribution in [3.8, 4) is 0 Å². The second-order valence-corrected chi connectivity index (χ2v) is 6.86. The van der Waals surface area contributed by atoms with Crippen LogP contribution in [0.15, 0.2) is 0 Å². The van der Waals surface area contributed by atoms with Gasteiger partial charge in [0.05, 0.1) is 12.7 Å². The number of nitrogens with two attached hydrogens (primary N) is 1. The summed E-state index contributed by atoms with van der Waals surface area (Å²) in [6, 6.07) is -0.0595. The molecule has 0 aromatic rings. The fourth-order valence-electron chi connectivity index (χ4n) is 2.64. The average Bonchev–Trinajstić information content (AvgIpc) is 2.74. The molecule has 1 rings (SSSR count). The summed E-state index contributed by atoms with van der Waals surface area (Å²) in [5, 5.41) is 2.88. The topological polar surface area (TPSA) is 64.4 Å². The molecule has 1 amide bonds. The molecule has 0 heterocycles. The Hall–Kier alpha value is -0.610. The van der Waals surface area contributed by atoms with Crippen LogP contribution in [0.3, 0.4) is 0 Å². The van der Waals surface area contributed by atoms with E-state index < -0.39 is 0 Å². The summed E-state index contributed by atoms with van der Waals surface area (Å²) in [7, 11) is 0. The summed E-state index contributed by atoms with van der Waals surface area (Å²) >= 11 is 0. The third-order valence-corrected chi connectivity index (χ3v) is 3.40. The highest BCUT2D eigenvalue weighted by Crippen LogP contribution is 2.21. The Morgan fingerprint density at radius 2 is 2.00 bits per heavy atom. The molecule has 19 heavy (non-hydrogen) atoms. The molecule has 1 aliphatic rings. The number of hydrogen-bond acceptors (Lipinski definition) is 3. The molecule has 1 unspecified atom stereocenters. The van der Waals surface area contributed by atoms with Gasteiger partial charge in [0.15, 0.2) is 0 Å². The lowest BCUT2D eigenvalue weighted by Crippen LogP contribution is -2.35. The summed E-state index contributed by atoms with van der Waals surface area (Å²) in [4.78, 5) is 11.7. The first-order chi connectivity index (χ1) is 8.87. The van der Waals surface area contributed by atoms with Crippen molar-refractivity contribution in [2.45, 2.75) is 71.4 Å². The van der Waals surface area contributed by atoms with Crippen LogP contribution in [-0.2, 0) is 9.53 Å². The Morgan fingerprint density at radius 3 is 2.58 bits per heavy atom. The van der Waals surface area contributed by atoms with Crippen molar-refractivity contribution in [1.82, 2.24) is 5.32 Å². The van der Waals surface area contributed by atoms with E-state index >= 15 is 0 Å². The standard InChI is InChI=1S/C15H30N2O2/c1-15(2,3)11-12(16)10-14(18)17-8-9-19-13-6-4-5-7-13/h12-13H,4-11,16H2,1-3H3,(H,17,18). The second-order valence-electron chi connectivity index (χ2n) is 6.86. The molecular formula is C15H30N2O2. The van der Waals surface area contributed by atoms with Crippen LogP contribution >= 0.6 is 0 Å². The van der Waals surface area contributed by atoms with E-state index in [0.717, 1.165) is 6.42 Å². The molecule has 0 radical (unpaired) electrons. The van der Waals surface area contributed by atoms with Gasteiger partial charge in [-0.05, 0) is 24.7 Å². The minimum Gasteiger partial charge on any atom is -0.376 e. The number of carbonyl (C=O) groups excluding carboxylic acids is 1. The number of amides is 1. The van der Waals surface area contributed by atoms with Crippen LogP contribution in [0.4, 0.5) is 0 Å². The van der Waals surface area contributed by atoms with Crippen molar-refractivity contribution in [3.63, 3.8) is 0 Å². The minimum atomic E-state index is -0.0595. The molecule has 0 spiro atoms. The average molecular weight is 270 g/mol. The van der Waals surface area contributed by atoms with E-state index in [1.54, 1.807) is 0 Å². The first kappa shape index (κ1) is 16.4. The number of nitrogens with one attached hydrogen (secondary N) is 1. The zero-order chi connectivity index (χ0) is 14.3. The van der Waals surface area contributed by atoms with Gasteiger partial charge in [0.2, 0.25) is 5.91 Å². The number of ether oxygens (including phenoxy) is 1. The van der Waals surface area contributed by atoms with Crippen LogP contribution in [-0.4, -0.2) is 31.2 Å². The lowest BCUT2D eigenvalue weighted by atomic mass is 9.87. The Labute approximate surface area is 117 Å². The van der Waals surface area contributed by atoms with E-state index in [4.69, 9.17) is 10.5 Å². The van der Waals surface area contributed by atoms with Gasteiger partial charge < -0.3 is 15.8 Å². The number of carbonyl (C=O) groups is 1. The van der Waals surface area contributed by atoms with E-state index in [1.807, 2.05) is 0 Å². The van der Waals surface area contributed by atoms with E-state index in [9.17, 15) is 4.79 Å². The predicted octanol–water partition coefficient (Wildman–Crippen LogP) is 2.22. The van der Waals surface area contributed by atoms with Crippen molar-refractivity contribution in [3.05, 3.63) is 0 Å². The fraction of sp³-hybridized carbons (Fsp3) is 0.933. The summed E-state index contributed by atoms with van der Waals surface area (Å²) < 4.78 is 5.69. The Kier molecular flexibility index (Phi) is 6.80. The Balaban J connectivity index is 2.03. The molecule has 0 aromatic heterocycles. The van der Waals surface area contributed by atoms with Crippen molar-refractivity contribution in [2.24, 2.45) is 11.1 Å². The molecule has 1 aliphatic carbocycles. The molecule has 4 nitrogen and oxygen atoms in total. The van der Waals surface area contributed by atoms with Gasteiger partial charge in [-0.1, -0.05) is 33.6 Å². The molecule has 0 bridgehead atoms. The van der Waals surface area contributed by atoms with Gasteiger partial charge in [0, 0.05) is 19.0 Å². The van der Waals surface area contributed by atoms with Gasteiger partial charge in [-0.2, -0.15) is 0 Å². The summed E-state index contributed by atoms with van der Waals surface area (Å²) in [6.45, 7) is 7.63. The highest BCUT2D eigenvalue weighted by atomic mass is 16.5. The van der Waals surface area contributed by atoms with Gasteiger partial charge in [-0.15, -0.1) is 0 Å². The smallest absolute Gasteiger partial charge is 0.221 e. The first-order valence-corrected chi connectivity index (χ1v) is 7.51. The van der Waals surface area contributed by atoms with Crippen molar-refractivity contribution < 1.29 is 9.53 Å². The van der Waals surface area contributed by atoms with Crippen LogP contribution in [0, 0.1) is 5.41 Å².